The maximum atomic E-state index is 12.2. The number of nitrogens with one attached hydrogen (secondary N) is 1. The highest BCUT2D eigenvalue weighted by Gasteiger charge is 2.14. The summed E-state index contributed by atoms with van der Waals surface area (Å²) in [5, 5.41) is 3.09. The van der Waals surface area contributed by atoms with Crippen molar-refractivity contribution in [3.05, 3.63) is 59.9 Å². The number of nitrogen functional groups attached to an aromatic ring is 1. The third kappa shape index (κ3) is 4.60. The molecule has 0 saturated carbocycles. The first kappa shape index (κ1) is 15.0. The van der Waals surface area contributed by atoms with Gasteiger partial charge in [-0.15, -0.1) is 0 Å². The van der Waals surface area contributed by atoms with E-state index in [0.29, 0.717) is 5.69 Å². The molecule has 110 valence electrons. The van der Waals surface area contributed by atoms with E-state index in [2.05, 4.69) is 17.2 Å². The Balaban J connectivity index is 2.00. The Morgan fingerprint density at radius 2 is 2.00 bits per heavy atom. The van der Waals surface area contributed by atoms with Gasteiger partial charge in [-0.25, -0.2) is 0 Å². The molecule has 1 heterocycles. The van der Waals surface area contributed by atoms with Crippen LogP contribution < -0.4 is 11.1 Å². The van der Waals surface area contributed by atoms with Crippen molar-refractivity contribution in [2.75, 3.05) is 5.73 Å². The largest absolute Gasteiger partial charge is 0.397 e. The van der Waals surface area contributed by atoms with Gasteiger partial charge in [0.2, 0.25) is 5.91 Å². The summed E-state index contributed by atoms with van der Waals surface area (Å²) in [6.07, 6.45) is 3.78. The standard InChI is InChI=1S/C17H21N3O/c1-2-6-16(13-7-4-3-5-8-13)20-17(21)11-15-10-9-14(18)12-19-15/h3-5,7-10,12,16H,2,6,11,18H2,1H3,(H,20,21). The molecule has 2 aromatic rings. The topological polar surface area (TPSA) is 68.0 Å². The second kappa shape index (κ2) is 7.43. The maximum Gasteiger partial charge on any atom is 0.226 e. The van der Waals surface area contributed by atoms with Crippen molar-refractivity contribution in [3.63, 3.8) is 0 Å². The highest BCUT2D eigenvalue weighted by atomic mass is 16.1. The number of amides is 1. The fraction of sp³-hybridized carbons (Fsp3) is 0.294. The molecule has 0 saturated heterocycles. The zero-order valence-electron chi connectivity index (χ0n) is 12.3. The van der Waals surface area contributed by atoms with Crippen molar-refractivity contribution < 1.29 is 4.79 Å². The van der Waals surface area contributed by atoms with E-state index in [1.807, 2.05) is 30.3 Å². The third-order valence-corrected chi connectivity index (χ3v) is 3.30. The number of pyridine rings is 1. The maximum absolute atomic E-state index is 12.2. The van der Waals surface area contributed by atoms with Gasteiger partial charge in [-0.05, 0) is 24.1 Å². The molecule has 4 heteroatoms. The van der Waals surface area contributed by atoms with Gasteiger partial charge >= 0.3 is 0 Å². The van der Waals surface area contributed by atoms with Crippen LogP contribution in [0.2, 0.25) is 0 Å². The van der Waals surface area contributed by atoms with Crippen LogP contribution in [0.1, 0.15) is 37.1 Å². The number of hydrogen-bond donors (Lipinski definition) is 2. The molecule has 0 aliphatic rings. The predicted octanol–water partition coefficient (Wildman–Crippen LogP) is 2.86. The minimum absolute atomic E-state index is 0.0189. The summed E-state index contributed by atoms with van der Waals surface area (Å²) in [4.78, 5) is 16.3. The molecule has 0 aliphatic heterocycles. The molecular formula is C17H21N3O. The average molecular weight is 283 g/mol. The Morgan fingerprint density at radius 1 is 1.24 bits per heavy atom. The van der Waals surface area contributed by atoms with Gasteiger partial charge < -0.3 is 11.1 Å². The molecule has 3 N–H and O–H groups in total. The van der Waals surface area contributed by atoms with Gasteiger partial charge in [-0.2, -0.15) is 0 Å². The summed E-state index contributed by atoms with van der Waals surface area (Å²) in [7, 11) is 0. The highest BCUT2D eigenvalue weighted by Crippen LogP contribution is 2.18. The number of nitrogens with zero attached hydrogens (tertiary/aromatic N) is 1. The number of rotatable bonds is 6. The number of anilines is 1. The van der Waals surface area contributed by atoms with Crippen LogP contribution in [0.5, 0.6) is 0 Å². The van der Waals surface area contributed by atoms with Crippen LogP contribution in [0.25, 0.3) is 0 Å². The SMILES string of the molecule is CCCC(NC(=O)Cc1ccc(N)cn1)c1ccccc1. The zero-order valence-corrected chi connectivity index (χ0v) is 12.3. The number of nitrogens with two attached hydrogens (primary N) is 1. The van der Waals surface area contributed by atoms with E-state index in [4.69, 9.17) is 5.73 Å². The van der Waals surface area contributed by atoms with Gasteiger partial charge in [0.15, 0.2) is 0 Å². The first-order valence-electron chi connectivity index (χ1n) is 7.23. The first-order valence-corrected chi connectivity index (χ1v) is 7.23. The normalized spacial score (nSPS) is 11.9. The van der Waals surface area contributed by atoms with Crippen LogP contribution in [0.3, 0.4) is 0 Å². The molecule has 0 radical (unpaired) electrons. The number of hydrogen-bond acceptors (Lipinski definition) is 3. The van der Waals surface area contributed by atoms with E-state index in [-0.39, 0.29) is 18.4 Å². The van der Waals surface area contributed by atoms with Crippen LogP contribution in [0.15, 0.2) is 48.7 Å². The van der Waals surface area contributed by atoms with Crippen LogP contribution in [0.4, 0.5) is 5.69 Å². The lowest BCUT2D eigenvalue weighted by Crippen LogP contribution is -2.30. The van der Waals surface area contributed by atoms with Crippen molar-refractivity contribution in [3.8, 4) is 0 Å². The molecule has 4 nitrogen and oxygen atoms in total. The summed E-state index contributed by atoms with van der Waals surface area (Å²) < 4.78 is 0. The predicted molar refractivity (Wildman–Crippen MR) is 84.6 cm³/mol. The quantitative estimate of drug-likeness (QED) is 0.856. The monoisotopic (exact) mass is 283 g/mol. The van der Waals surface area contributed by atoms with E-state index in [1.54, 1.807) is 18.3 Å². The number of carbonyl (C=O) groups is 1. The fourth-order valence-electron chi connectivity index (χ4n) is 2.25. The summed E-state index contributed by atoms with van der Waals surface area (Å²) in [5.74, 6) is -0.0189. The minimum atomic E-state index is -0.0189. The molecule has 1 amide bonds. The molecule has 1 aromatic heterocycles. The molecule has 0 aliphatic carbocycles. The molecular weight excluding hydrogens is 262 g/mol. The average Bonchev–Trinajstić information content (AvgIpc) is 2.50. The Labute approximate surface area is 125 Å². The molecule has 2 rings (SSSR count). The van der Waals surface area contributed by atoms with E-state index in [1.165, 1.54) is 0 Å². The molecule has 1 aromatic carbocycles. The molecule has 0 bridgehead atoms. The molecule has 0 fully saturated rings. The summed E-state index contributed by atoms with van der Waals surface area (Å²) in [6.45, 7) is 2.11. The van der Waals surface area contributed by atoms with E-state index < -0.39 is 0 Å². The lowest BCUT2D eigenvalue weighted by molar-refractivity contribution is -0.121. The van der Waals surface area contributed by atoms with E-state index in [0.717, 1.165) is 24.1 Å². The Morgan fingerprint density at radius 3 is 2.62 bits per heavy atom. The molecule has 1 atom stereocenters. The van der Waals surface area contributed by atoms with Gasteiger partial charge in [0.05, 0.1) is 24.3 Å². The van der Waals surface area contributed by atoms with Crippen molar-refractivity contribution in [2.45, 2.75) is 32.2 Å². The smallest absolute Gasteiger partial charge is 0.226 e. The zero-order chi connectivity index (χ0) is 15.1. The van der Waals surface area contributed by atoms with Crippen molar-refractivity contribution in [2.24, 2.45) is 0 Å². The van der Waals surface area contributed by atoms with Gasteiger partial charge in [-0.3, -0.25) is 9.78 Å². The summed E-state index contributed by atoms with van der Waals surface area (Å²) in [6, 6.07) is 13.6. The second-order valence-corrected chi connectivity index (χ2v) is 5.08. The lowest BCUT2D eigenvalue weighted by Gasteiger charge is -2.18. The highest BCUT2D eigenvalue weighted by molar-refractivity contribution is 5.78. The van der Waals surface area contributed by atoms with Crippen LogP contribution in [-0.4, -0.2) is 10.9 Å². The Bertz CT molecular complexity index is 566. The van der Waals surface area contributed by atoms with Crippen LogP contribution >= 0.6 is 0 Å². The minimum Gasteiger partial charge on any atom is -0.397 e. The van der Waals surface area contributed by atoms with Crippen LogP contribution in [0, 0.1) is 0 Å². The summed E-state index contributed by atoms with van der Waals surface area (Å²) in [5.41, 5.74) is 8.06. The van der Waals surface area contributed by atoms with Gasteiger partial charge in [0.1, 0.15) is 0 Å². The van der Waals surface area contributed by atoms with Gasteiger partial charge in [0.25, 0.3) is 0 Å². The van der Waals surface area contributed by atoms with Crippen molar-refractivity contribution >= 4 is 11.6 Å². The fourth-order valence-corrected chi connectivity index (χ4v) is 2.25. The Hall–Kier alpha value is -2.36. The number of benzene rings is 1. The van der Waals surface area contributed by atoms with Crippen LogP contribution in [-0.2, 0) is 11.2 Å². The Kier molecular flexibility index (Phi) is 5.32. The number of carbonyl (C=O) groups excluding carboxylic acids is 1. The third-order valence-electron chi connectivity index (χ3n) is 3.30. The lowest BCUT2D eigenvalue weighted by atomic mass is 10.0. The first-order chi connectivity index (χ1) is 10.2. The molecule has 0 spiro atoms. The second-order valence-electron chi connectivity index (χ2n) is 5.08. The van der Waals surface area contributed by atoms with Gasteiger partial charge in [-0.1, -0.05) is 43.7 Å². The molecule has 21 heavy (non-hydrogen) atoms. The molecule has 1 unspecified atom stereocenters. The number of aromatic nitrogens is 1. The van der Waals surface area contributed by atoms with Crippen molar-refractivity contribution in [1.29, 1.82) is 0 Å². The van der Waals surface area contributed by atoms with E-state index >= 15 is 0 Å². The van der Waals surface area contributed by atoms with Crippen molar-refractivity contribution in [1.82, 2.24) is 10.3 Å². The van der Waals surface area contributed by atoms with Gasteiger partial charge in [0, 0.05) is 5.69 Å². The van der Waals surface area contributed by atoms with E-state index in [9.17, 15) is 4.79 Å². The summed E-state index contributed by atoms with van der Waals surface area (Å²) >= 11 is 0.